The highest BCUT2D eigenvalue weighted by Gasteiger charge is 2.47. The van der Waals surface area contributed by atoms with E-state index in [0.717, 1.165) is 54.7 Å². The maximum Gasteiger partial charge on any atom is 0.514 e. The third kappa shape index (κ3) is 15.8. The predicted octanol–water partition coefficient (Wildman–Crippen LogP) is 12.2. The summed E-state index contributed by atoms with van der Waals surface area (Å²) in [6.45, 7) is 26.6. The smallest absolute Gasteiger partial charge is 0.457 e. The summed E-state index contributed by atoms with van der Waals surface area (Å²) >= 11 is 0. The molecule has 0 bridgehead atoms. The molecule has 2 heterocycles. The lowest BCUT2D eigenvalue weighted by Gasteiger charge is -2.38. The number of nitrogens with zero attached hydrogens (tertiary/aromatic N) is 1. The van der Waals surface area contributed by atoms with Gasteiger partial charge in [0.15, 0.2) is 28.3 Å². The number of nitro groups is 1. The molecule has 0 spiro atoms. The number of hydrogen-bond donors (Lipinski definition) is 0. The number of esters is 2. The summed E-state index contributed by atoms with van der Waals surface area (Å²) in [4.78, 5) is 50.6. The maximum absolute atomic E-state index is 13.9. The first kappa shape index (κ1) is 54.7. The topological polar surface area (TPSA) is 162 Å². The van der Waals surface area contributed by atoms with Crippen LogP contribution in [0.25, 0.3) is 0 Å². The van der Waals surface area contributed by atoms with Crippen molar-refractivity contribution in [2.45, 2.75) is 201 Å². The van der Waals surface area contributed by atoms with Gasteiger partial charge in [-0.1, -0.05) is 93.5 Å². The third-order valence-corrected chi connectivity index (χ3v) is 23.2. The Labute approximate surface area is 385 Å². The van der Waals surface area contributed by atoms with Gasteiger partial charge in [-0.05, 0) is 105 Å². The van der Waals surface area contributed by atoms with E-state index < -0.39 is 63.6 Å². The number of carbonyl (C=O) groups is 3. The van der Waals surface area contributed by atoms with Gasteiger partial charge in [0.25, 0.3) is 5.69 Å². The molecule has 1 saturated heterocycles. The second-order valence-electron chi connectivity index (χ2n) is 18.2. The predicted molar refractivity (Wildman–Crippen MR) is 255 cm³/mol. The number of ether oxygens (including phenoxy) is 5. The van der Waals surface area contributed by atoms with Crippen molar-refractivity contribution in [3.63, 3.8) is 0 Å². The fourth-order valence-corrected chi connectivity index (χ4v) is 14.9. The van der Waals surface area contributed by atoms with Crippen LogP contribution in [-0.4, -0.2) is 81.9 Å². The molecular formula is C49H79NO12Si2. The Balaban J connectivity index is 1.89. The zero-order chi connectivity index (χ0) is 47.8. The molecule has 13 nitrogen and oxygen atoms in total. The molecule has 0 aromatic heterocycles. The first-order valence-corrected chi connectivity index (χ1v) is 28.9. The number of carbonyl (C=O) groups excluding carboxylic acids is 3. The largest absolute Gasteiger partial charge is 0.514 e. The summed E-state index contributed by atoms with van der Waals surface area (Å²) in [5.41, 5.74) is -0.814. The van der Waals surface area contributed by atoms with Crippen LogP contribution in [0.3, 0.4) is 0 Å². The van der Waals surface area contributed by atoms with Gasteiger partial charge >= 0.3 is 18.1 Å². The van der Waals surface area contributed by atoms with Crippen LogP contribution in [0.2, 0.25) is 36.3 Å². The van der Waals surface area contributed by atoms with Crippen molar-refractivity contribution in [3.05, 3.63) is 70.3 Å². The van der Waals surface area contributed by atoms with Crippen LogP contribution in [0.1, 0.15) is 122 Å². The Kier molecular flexibility index (Phi) is 21.6. The van der Waals surface area contributed by atoms with E-state index in [4.69, 9.17) is 32.5 Å². The van der Waals surface area contributed by atoms with Crippen molar-refractivity contribution in [2.24, 2.45) is 17.8 Å². The standard InChI is InChI=1S/C49H79NO12Si2/c1-14-42(62-64(18-5,19-6)20-7)37(11)47-43(58-47)32-34(8)22-21-23-35(9)46-36(10)24-29-44(56-38(12)51)49(13,60-48(53)57-40-27-25-39(26-28-40)50(54)55)31-30-41(33-45(52)59-46)61-63(15-2,16-3)17-4/h21-29,34,36-37,41-44,46-47H,14-20,30-33H2,1-13H3/t34-,36+,37-,41-,42+,43-,44+,46-,47-,49-/m1/s1. The van der Waals surface area contributed by atoms with Crippen LogP contribution in [0.5, 0.6) is 5.75 Å². The Morgan fingerprint density at radius 1 is 0.953 bits per heavy atom. The molecule has 0 N–H and O–H groups in total. The second-order valence-corrected chi connectivity index (χ2v) is 27.7. The summed E-state index contributed by atoms with van der Waals surface area (Å²) in [5.74, 6) is -0.771. The molecule has 0 aliphatic carbocycles. The first-order chi connectivity index (χ1) is 30.3. The molecular weight excluding hydrogens is 851 g/mol. The van der Waals surface area contributed by atoms with E-state index in [1.54, 1.807) is 13.0 Å². The lowest BCUT2D eigenvalue weighted by molar-refractivity contribution is -0.384. The van der Waals surface area contributed by atoms with E-state index in [2.05, 4.69) is 68.4 Å². The summed E-state index contributed by atoms with van der Waals surface area (Å²) < 4.78 is 43.7. The monoisotopic (exact) mass is 930 g/mol. The minimum atomic E-state index is -2.25. The molecule has 1 aromatic carbocycles. The number of epoxide rings is 1. The number of allylic oxidation sites excluding steroid dienone is 3. The SMILES string of the molecule is CC[C@H](O[Si](CC)(CC)CC)[C@@H](C)[C@H]1O[C@@H]1C[C@H](C)C=CC=C(C)[C@H]1OC(=O)C[C@H](O[Si](CC)(CC)CC)CC[C@@](C)(OC(=O)Oc2ccc([N+](=O)[O-])cc2)[C@@H](OC(C)=O)C=C[C@@H]1C. The third-order valence-electron chi connectivity index (χ3n) is 13.8. The molecule has 3 rings (SSSR count). The van der Waals surface area contributed by atoms with Crippen molar-refractivity contribution < 1.29 is 51.8 Å². The average Bonchev–Trinajstić information content (AvgIpc) is 4.04. The van der Waals surface area contributed by atoms with E-state index in [-0.39, 0.29) is 60.8 Å². The van der Waals surface area contributed by atoms with Gasteiger partial charge in [0.2, 0.25) is 0 Å². The summed E-state index contributed by atoms with van der Waals surface area (Å²) in [6.07, 6.45) is 9.10. The summed E-state index contributed by atoms with van der Waals surface area (Å²) in [5, 5.41) is 11.2. The van der Waals surface area contributed by atoms with Crippen molar-refractivity contribution in [3.8, 4) is 5.75 Å². The van der Waals surface area contributed by atoms with Crippen LogP contribution in [0, 0.1) is 27.9 Å². The van der Waals surface area contributed by atoms with Crippen LogP contribution < -0.4 is 4.74 Å². The zero-order valence-corrected chi connectivity index (χ0v) is 43.0. The Morgan fingerprint density at radius 2 is 1.56 bits per heavy atom. The van der Waals surface area contributed by atoms with Gasteiger partial charge in [-0.3, -0.25) is 19.7 Å². The molecule has 10 atom stereocenters. The molecule has 0 amide bonds. The Morgan fingerprint density at radius 3 is 2.11 bits per heavy atom. The lowest BCUT2D eigenvalue weighted by atomic mass is 9.88. The van der Waals surface area contributed by atoms with Crippen molar-refractivity contribution in [1.29, 1.82) is 0 Å². The Bertz CT molecular complexity index is 1740. The molecule has 360 valence electrons. The Hall–Kier alpha value is -3.64. The van der Waals surface area contributed by atoms with Crippen LogP contribution >= 0.6 is 0 Å². The maximum atomic E-state index is 13.9. The highest BCUT2D eigenvalue weighted by atomic mass is 28.4. The molecule has 1 aromatic rings. The van der Waals surface area contributed by atoms with Crippen molar-refractivity contribution in [1.82, 2.24) is 0 Å². The van der Waals surface area contributed by atoms with Crippen LogP contribution in [-0.2, 0) is 37.4 Å². The number of nitro benzene ring substituents is 1. The first-order valence-electron chi connectivity index (χ1n) is 23.8. The van der Waals surface area contributed by atoms with E-state index in [9.17, 15) is 24.5 Å². The molecule has 0 radical (unpaired) electrons. The molecule has 0 unspecified atom stereocenters. The van der Waals surface area contributed by atoms with Gasteiger partial charge < -0.3 is 32.5 Å². The number of hydrogen-bond acceptors (Lipinski definition) is 12. The molecule has 15 heteroatoms. The molecule has 64 heavy (non-hydrogen) atoms. The summed E-state index contributed by atoms with van der Waals surface area (Å²) in [6, 6.07) is 11.0. The van der Waals surface area contributed by atoms with Gasteiger partial charge in [-0.2, -0.15) is 0 Å². The van der Waals surface area contributed by atoms with Gasteiger partial charge in [0.1, 0.15) is 11.9 Å². The number of benzene rings is 1. The number of rotatable bonds is 22. The van der Waals surface area contributed by atoms with Crippen LogP contribution in [0.4, 0.5) is 10.5 Å². The van der Waals surface area contributed by atoms with Crippen molar-refractivity contribution in [2.75, 3.05) is 0 Å². The number of cyclic esters (lactones) is 1. The normalized spacial score (nSPS) is 26.2. The highest BCUT2D eigenvalue weighted by Crippen LogP contribution is 2.39. The fraction of sp³-hybridized carbons (Fsp3) is 0.694. The highest BCUT2D eigenvalue weighted by molar-refractivity contribution is 6.74. The minimum absolute atomic E-state index is 0.0210. The van der Waals surface area contributed by atoms with Gasteiger partial charge in [-0.25, -0.2) is 4.79 Å². The molecule has 2 aliphatic heterocycles. The minimum Gasteiger partial charge on any atom is -0.457 e. The average molecular weight is 930 g/mol. The number of non-ortho nitro benzene ring substituents is 1. The fourth-order valence-electron chi connectivity index (χ4n) is 8.95. The van der Waals surface area contributed by atoms with Crippen LogP contribution in [0.15, 0.2) is 60.2 Å². The van der Waals surface area contributed by atoms with Gasteiger partial charge in [0, 0.05) is 37.0 Å². The molecule has 1 fully saturated rings. The molecule has 0 saturated carbocycles. The van der Waals surface area contributed by atoms with Crippen molar-refractivity contribution >= 4 is 40.4 Å². The second kappa shape index (κ2) is 25.3. The van der Waals surface area contributed by atoms with E-state index in [1.807, 2.05) is 32.1 Å². The molecule has 2 aliphatic rings. The van der Waals surface area contributed by atoms with E-state index in [1.165, 1.54) is 31.2 Å². The lowest BCUT2D eigenvalue weighted by Crippen LogP contribution is -2.47. The zero-order valence-electron chi connectivity index (χ0n) is 41.0. The van der Waals surface area contributed by atoms with E-state index in [0.29, 0.717) is 5.92 Å². The van der Waals surface area contributed by atoms with Gasteiger partial charge in [0.05, 0.1) is 29.7 Å². The summed E-state index contributed by atoms with van der Waals surface area (Å²) in [7, 11) is -3.99. The van der Waals surface area contributed by atoms with Gasteiger partial charge in [-0.15, -0.1) is 0 Å². The van der Waals surface area contributed by atoms with E-state index >= 15 is 0 Å². The quantitative estimate of drug-likeness (QED) is 0.0125.